The lowest BCUT2D eigenvalue weighted by atomic mass is 10.2. The van der Waals surface area contributed by atoms with Crippen molar-refractivity contribution in [3.63, 3.8) is 0 Å². The minimum absolute atomic E-state index is 0.132. The fraction of sp³-hybridized carbons (Fsp3) is 0.133. The third kappa shape index (κ3) is 3.11. The number of hydrogen-bond acceptors (Lipinski definition) is 3. The molecule has 0 radical (unpaired) electrons. The molecule has 4 nitrogen and oxygen atoms in total. The first-order chi connectivity index (χ1) is 10.1. The number of rotatable bonds is 4. The van der Waals surface area contributed by atoms with Gasteiger partial charge >= 0.3 is 5.69 Å². The summed E-state index contributed by atoms with van der Waals surface area (Å²) in [6.07, 6.45) is 3.35. The zero-order valence-electron chi connectivity index (χ0n) is 11.3. The van der Waals surface area contributed by atoms with Crippen molar-refractivity contribution < 1.29 is 0 Å². The predicted octanol–water partition coefficient (Wildman–Crippen LogP) is 4.16. The van der Waals surface area contributed by atoms with Gasteiger partial charge in [-0.15, -0.1) is 11.3 Å². The third-order valence-electron chi connectivity index (χ3n) is 3.20. The maximum atomic E-state index is 11.6. The second kappa shape index (κ2) is 5.91. The van der Waals surface area contributed by atoms with E-state index < -0.39 is 0 Å². The molecule has 0 saturated carbocycles. The van der Waals surface area contributed by atoms with Crippen LogP contribution in [0.4, 0.5) is 5.69 Å². The second-order valence-corrected chi connectivity index (χ2v) is 7.18. The average molecular weight is 364 g/mol. The molecule has 0 aliphatic carbocycles. The Morgan fingerprint density at radius 2 is 2.00 bits per heavy atom. The summed E-state index contributed by atoms with van der Waals surface area (Å²) in [5, 5.41) is 3.45. The highest BCUT2D eigenvalue weighted by molar-refractivity contribution is 9.11. The van der Waals surface area contributed by atoms with Crippen LogP contribution >= 0.6 is 27.3 Å². The van der Waals surface area contributed by atoms with Gasteiger partial charge in [-0.3, -0.25) is 4.57 Å². The minimum atomic E-state index is -0.132. The minimum Gasteiger partial charge on any atom is -0.378 e. The first-order valence-electron chi connectivity index (χ1n) is 6.52. The molecule has 3 rings (SSSR count). The number of aromatic amines is 1. The van der Waals surface area contributed by atoms with Crippen molar-refractivity contribution in [2.24, 2.45) is 0 Å². The molecule has 6 heteroatoms. The fourth-order valence-electron chi connectivity index (χ4n) is 2.12. The molecule has 0 fully saturated rings. The first kappa shape index (κ1) is 14.2. The smallest absolute Gasteiger partial charge is 0.330 e. The molecule has 1 aromatic carbocycles. The molecule has 0 spiro atoms. The normalized spacial score (nSPS) is 12.3. The van der Waals surface area contributed by atoms with E-state index in [1.165, 1.54) is 4.88 Å². The van der Waals surface area contributed by atoms with Gasteiger partial charge in [-0.25, -0.2) is 4.79 Å². The summed E-state index contributed by atoms with van der Waals surface area (Å²) in [6, 6.07) is 12.2. The van der Waals surface area contributed by atoms with Crippen LogP contribution in [0.3, 0.4) is 0 Å². The maximum Gasteiger partial charge on any atom is 0.330 e. The molecule has 1 atom stereocenters. The Bertz CT molecular complexity index is 788. The van der Waals surface area contributed by atoms with E-state index in [4.69, 9.17) is 0 Å². The lowest BCUT2D eigenvalue weighted by Gasteiger charge is -2.14. The standard InChI is InChI=1S/C15H14BrN3OS/c1-10(13-6-7-14(16)21-13)18-11-2-4-12(5-3-11)19-9-8-17-15(19)20/h2-10,18H,1H3,(H,17,20). The highest BCUT2D eigenvalue weighted by atomic mass is 79.9. The predicted molar refractivity (Wildman–Crippen MR) is 90.4 cm³/mol. The molecule has 3 aromatic rings. The molecule has 21 heavy (non-hydrogen) atoms. The van der Waals surface area contributed by atoms with E-state index in [0.717, 1.165) is 15.2 Å². The molecule has 1 unspecified atom stereocenters. The molecule has 0 saturated heterocycles. The van der Waals surface area contributed by atoms with Gasteiger partial charge in [0.25, 0.3) is 0 Å². The zero-order chi connectivity index (χ0) is 14.8. The van der Waals surface area contributed by atoms with Crippen molar-refractivity contribution >= 4 is 33.0 Å². The number of thiophene rings is 1. The average Bonchev–Trinajstić information content (AvgIpc) is 3.08. The molecule has 0 aliphatic heterocycles. The highest BCUT2D eigenvalue weighted by Crippen LogP contribution is 2.29. The monoisotopic (exact) mass is 363 g/mol. The lowest BCUT2D eigenvalue weighted by Crippen LogP contribution is -2.13. The van der Waals surface area contributed by atoms with E-state index in [1.807, 2.05) is 24.3 Å². The van der Waals surface area contributed by atoms with Crippen LogP contribution in [0.2, 0.25) is 0 Å². The van der Waals surface area contributed by atoms with E-state index in [1.54, 1.807) is 28.3 Å². The van der Waals surface area contributed by atoms with Gasteiger partial charge in [0.2, 0.25) is 0 Å². The van der Waals surface area contributed by atoms with Gasteiger partial charge in [-0.1, -0.05) is 0 Å². The quantitative estimate of drug-likeness (QED) is 0.730. The van der Waals surface area contributed by atoms with Gasteiger partial charge in [0.15, 0.2) is 0 Å². The summed E-state index contributed by atoms with van der Waals surface area (Å²) >= 11 is 5.20. The van der Waals surface area contributed by atoms with E-state index >= 15 is 0 Å². The van der Waals surface area contributed by atoms with Crippen molar-refractivity contribution in [3.05, 3.63) is 67.9 Å². The third-order valence-corrected chi connectivity index (χ3v) is 5.00. The van der Waals surface area contributed by atoms with Gasteiger partial charge in [-0.05, 0) is 59.3 Å². The summed E-state index contributed by atoms with van der Waals surface area (Å²) < 4.78 is 2.71. The number of nitrogens with zero attached hydrogens (tertiary/aromatic N) is 1. The van der Waals surface area contributed by atoms with Crippen LogP contribution < -0.4 is 11.0 Å². The van der Waals surface area contributed by atoms with Crippen LogP contribution in [0.15, 0.2) is 57.4 Å². The summed E-state index contributed by atoms with van der Waals surface area (Å²) in [7, 11) is 0. The molecule has 0 bridgehead atoms. The Balaban J connectivity index is 1.76. The van der Waals surface area contributed by atoms with Gasteiger partial charge < -0.3 is 10.3 Å². The Morgan fingerprint density at radius 3 is 2.57 bits per heavy atom. The van der Waals surface area contributed by atoms with Crippen molar-refractivity contribution in [2.75, 3.05) is 5.32 Å². The van der Waals surface area contributed by atoms with Crippen LogP contribution in [-0.2, 0) is 0 Å². The van der Waals surface area contributed by atoms with Crippen molar-refractivity contribution in [1.29, 1.82) is 0 Å². The highest BCUT2D eigenvalue weighted by Gasteiger charge is 2.08. The number of benzene rings is 1. The largest absolute Gasteiger partial charge is 0.378 e. The molecular formula is C15H14BrN3OS. The van der Waals surface area contributed by atoms with Gasteiger partial charge in [-0.2, -0.15) is 0 Å². The van der Waals surface area contributed by atoms with Crippen LogP contribution in [0, 0.1) is 0 Å². The SMILES string of the molecule is CC(Nc1ccc(-n2cc[nH]c2=O)cc1)c1ccc(Br)s1. The van der Waals surface area contributed by atoms with Crippen LogP contribution in [0.1, 0.15) is 17.8 Å². The summed E-state index contributed by atoms with van der Waals surface area (Å²) in [4.78, 5) is 15.5. The fourth-order valence-corrected chi connectivity index (χ4v) is 3.55. The van der Waals surface area contributed by atoms with E-state index in [0.29, 0.717) is 0 Å². The number of hydrogen-bond donors (Lipinski definition) is 2. The lowest BCUT2D eigenvalue weighted by molar-refractivity contribution is 0.907. The molecule has 2 heterocycles. The van der Waals surface area contributed by atoms with Gasteiger partial charge in [0.05, 0.1) is 15.5 Å². The topological polar surface area (TPSA) is 49.8 Å². The number of halogens is 1. The van der Waals surface area contributed by atoms with E-state index in [-0.39, 0.29) is 11.7 Å². The van der Waals surface area contributed by atoms with Crippen LogP contribution in [0.5, 0.6) is 0 Å². The summed E-state index contributed by atoms with van der Waals surface area (Å²) in [6.45, 7) is 2.13. The number of aromatic nitrogens is 2. The van der Waals surface area contributed by atoms with Gasteiger partial charge in [0.1, 0.15) is 0 Å². The Morgan fingerprint density at radius 1 is 1.24 bits per heavy atom. The molecule has 0 aliphatic rings. The van der Waals surface area contributed by atoms with Crippen molar-refractivity contribution in [3.8, 4) is 5.69 Å². The Hall–Kier alpha value is -1.79. The van der Waals surface area contributed by atoms with E-state index in [9.17, 15) is 4.79 Å². The van der Waals surface area contributed by atoms with Crippen LogP contribution in [-0.4, -0.2) is 9.55 Å². The molecule has 2 aromatic heterocycles. The second-order valence-electron chi connectivity index (χ2n) is 4.69. The van der Waals surface area contributed by atoms with Crippen LogP contribution in [0.25, 0.3) is 5.69 Å². The zero-order valence-corrected chi connectivity index (χ0v) is 13.7. The molecule has 2 N–H and O–H groups in total. The summed E-state index contributed by atoms with van der Waals surface area (Å²) in [5.41, 5.74) is 1.74. The Labute approximate surface area is 134 Å². The molecule has 0 amide bonds. The number of imidazole rings is 1. The number of H-pyrrole nitrogens is 1. The number of nitrogens with one attached hydrogen (secondary N) is 2. The van der Waals surface area contributed by atoms with Crippen molar-refractivity contribution in [1.82, 2.24) is 9.55 Å². The van der Waals surface area contributed by atoms with E-state index in [2.05, 4.69) is 45.3 Å². The van der Waals surface area contributed by atoms with Gasteiger partial charge in [0, 0.05) is 23.0 Å². The van der Waals surface area contributed by atoms with Crippen molar-refractivity contribution in [2.45, 2.75) is 13.0 Å². The molecular weight excluding hydrogens is 350 g/mol. The number of anilines is 1. The summed E-state index contributed by atoms with van der Waals surface area (Å²) in [5.74, 6) is 0. The maximum absolute atomic E-state index is 11.6. The Kier molecular flexibility index (Phi) is 3.98. The molecule has 108 valence electrons. The first-order valence-corrected chi connectivity index (χ1v) is 8.13.